The monoisotopic (exact) mass is 257 g/mol. The Morgan fingerprint density at radius 1 is 1.28 bits per heavy atom. The smallest absolute Gasteiger partial charge is 0.325 e. The molecule has 0 aromatic heterocycles. The number of methoxy groups -OCH3 is 2. The van der Waals surface area contributed by atoms with Crippen molar-refractivity contribution >= 4 is 11.9 Å². The lowest BCUT2D eigenvalue weighted by Gasteiger charge is -2.41. The zero-order valence-corrected chi connectivity index (χ0v) is 11.7. The van der Waals surface area contributed by atoms with E-state index in [1.54, 1.807) is 12.0 Å². The number of ether oxygens (including phenoxy) is 2. The average Bonchev–Trinajstić information content (AvgIpc) is 2.29. The van der Waals surface area contributed by atoms with E-state index >= 15 is 0 Å². The average molecular weight is 257 g/mol. The number of hydrogen-bond donors (Lipinski definition) is 0. The van der Waals surface area contributed by atoms with Gasteiger partial charge >= 0.3 is 5.97 Å². The second-order valence-electron chi connectivity index (χ2n) is 5.11. The first-order valence-electron chi connectivity index (χ1n) is 6.35. The molecular formula is C13H23NO4. The molecule has 0 bridgehead atoms. The summed E-state index contributed by atoms with van der Waals surface area (Å²) in [5.74, 6) is -0.436. The number of esters is 1. The van der Waals surface area contributed by atoms with Gasteiger partial charge in [-0.1, -0.05) is 0 Å². The van der Waals surface area contributed by atoms with Crippen molar-refractivity contribution in [3.63, 3.8) is 0 Å². The van der Waals surface area contributed by atoms with Crippen LogP contribution in [-0.4, -0.2) is 49.2 Å². The van der Waals surface area contributed by atoms with Gasteiger partial charge in [-0.3, -0.25) is 9.59 Å². The minimum Gasteiger partial charge on any atom is -0.468 e. The fourth-order valence-corrected chi connectivity index (χ4v) is 2.16. The molecule has 0 aliphatic heterocycles. The Hall–Kier alpha value is -1.10. The van der Waals surface area contributed by atoms with Gasteiger partial charge in [-0.15, -0.1) is 0 Å². The van der Waals surface area contributed by atoms with Crippen molar-refractivity contribution in [2.45, 2.75) is 51.2 Å². The number of rotatable bonds is 6. The van der Waals surface area contributed by atoms with Crippen LogP contribution < -0.4 is 0 Å². The molecule has 5 nitrogen and oxygen atoms in total. The van der Waals surface area contributed by atoms with E-state index in [1.807, 2.05) is 13.8 Å². The van der Waals surface area contributed by atoms with E-state index in [4.69, 9.17) is 4.74 Å². The number of carbonyl (C=O) groups excluding carboxylic acids is 2. The van der Waals surface area contributed by atoms with Gasteiger partial charge in [-0.05, 0) is 33.1 Å². The zero-order chi connectivity index (χ0) is 13.8. The minimum absolute atomic E-state index is 0.00674. The molecule has 1 amide bonds. The van der Waals surface area contributed by atoms with Gasteiger partial charge in [-0.2, -0.15) is 0 Å². The lowest BCUT2D eigenvalue weighted by atomic mass is 9.77. The quantitative estimate of drug-likeness (QED) is 0.674. The highest BCUT2D eigenvalue weighted by molar-refractivity contribution is 5.83. The van der Waals surface area contributed by atoms with Gasteiger partial charge < -0.3 is 14.4 Å². The van der Waals surface area contributed by atoms with Crippen LogP contribution in [0.15, 0.2) is 0 Å². The highest BCUT2D eigenvalue weighted by atomic mass is 16.5. The van der Waals surface area contributed by atoms with E-state index in [0.717, 1.165) is 19.3 Å². The second kappa shape index (κ2) is 6.18. The Bertz CT molecular complexity index is 305. The maximum atomic E-state index is 12.2. The van der Waals surface area contributed by atoms with Crippen molar-refractivity contribution in [2.24, 2.45) is 0 Å². The Morgan fingerprint density at radius 2 is 1.89 bits per heavy atom. The largest absolute Gasteiger partial charge is 0.468 e. The Kier molecular flexibility index (Phi) is 5.14. The van der Waals surface area contributed by atoms with Gasteiger partial charge in [0, 0.05) is 13.2 Å². The van der Waals surface area contributed by atoms with Crippen LogP contribution in [0.4, 0.5) is 0 Å². The van der Waals surface area contributed by atoms with E-state index in [0.29, 0.717) is 6.42 Å². The minimum atomic E-state index is -0.392. The van der Waals surface area contributed by atoms with Crippen LogP contribution >= 0.6 is 0 Å². The van der Waals surface area contributed by atoms with Crippen LogP contribution in [0, 0.1) is 0 Å². The molecule has 0 aromatic rings. The van der Waals surface area contributed by atoms with Crippen LogP contribution in [0.2, 0.25) is 0 Å². The first kappa shape index (κ1) is 15.0. The highest BCUT2D eigenvalue weighted by Gasteiger charge is 2.40. The summed E-state index contributed by atoms with van der Waals surface area (Å²) in [6.07, 6.45) is 3.28. The van der Waals surface area contributed by atoms with Crippen LogP contribution in [0.5, 0.6) is 0 Å². The first-order valence-corrected chi connectivity index (χ1v) is 6.35. The van der Waals surface area contributed by atoms with Crippen molar-refractivity contribution in [3.05, 3.63) is 0 Å². The predicted molar refractivity (Wildman–Crippen MR) is 67.1 cm³/mol. The lowest BCUT2D eigenvalue weighted by molar-refractivity contribution is -0.153. The Labute approximate surface area is 108 Å². The molecule has 0 radical (unpaired) electrons. The number of hydrogen-bond acceptors (Lipinski definition) is 4. The Morgan fingerprint density at radius 3 is 2.22 bits per heavy atom. The van der Waals surface area contributed by atoms with Crippen LogP contribution in [0.1, 0.15) is 39.5 Å². The maximum Gasteiger partial charge on any atom is 0.325 e. The summed E-state index contributed by atoms with van der Waals surface area (Å²) in [5, 5.41) is 0. The normalized spacial score (nSPS) is 17.2. The summed E-state index contributed by atoms with van der Waals surface area (Å²) in [6, 6.07) is -0.0226. The lowest BCUT2D eigenvalue weighted by Crippen LogP contribution is -2.48. The summed E-state index contributed by atoms with van der Waals surface area (Å²) >= 11 is 0. The molecule has 1 fully saturated rings. The van der Waals surface area contributed by atoms with E-state index < -0.39 is 5.97 Å². The van der Waals surface area contributed by atoms with E-state index in [1.165, 1.54) is 7.11 Å². The molecule has 0 N–H and O–H groups in total. The first-order chi connectivity index (χ1) is 8.44. The van der Waals surface area contributed by atoms with E-state index in [2.05, 4.69) is 4.74 Å². The molecule has 5 heteroatoms. The third-order valence-corrected chi connectivity index (χ3v) is 3.64. The molecule has 1 rings (SSSR count). The van der Waals surface area contributed by atoms with Crippen LogP contribution in [-0.2, 0) is 19.1 Å². The molecule has 0 spiro atoms. The third kappa shape index (κ3) is 3.45. The van der Waals surface area contributed by atoms with E-state index in [-0.39, 0.29) is 24.1 Å². The fourth-order valence-electron chi connectivity index (χ4n) is 2.16. The summed E-state index contributed by atoms with van der Waals surface area (Å²) in [4.78, 5) is 25.1. The summed E-state index contributed by atoms with van der Waals surface area (Å²) in [7, 11) is 2.97. The summed E-state index contributed by atoms with van der Waals surface area (Å²) in [5.41, 5.74) is -0.305. The topological polar surface area (TPSA) is 55.8 Å². The van der Waals surface area contributed by atoms with Crippen molar-refractivity contribution in [2.75, 3.05) is 20.8 Å². The van der Waals surface area contributed by atoms with Gasteiger partial charge in [0.1, 0.15) is 6.54 Å². The molecule has 104 valence electrons. The maximum absolute atomic E-state index is 12.2. The van der Waals surface area contributed by atoms with Gasteiger partial charge in [0.15, 0.2) is 0 Å². The van der Waals surface area contributed by atoms with Crippen LogP contribution in [0.25, 0.3) is 0 Å². The molecule has 1 saturated carbocycles. The molecular weight excluding hydrogens is 234 g/mol. The van der Waals surface area contributed by atoms with Crippen molar-refractivity contribution in [1.82, 2.24) is 4.90 Å². The molecule has 1 aliphatic carbocycles. The Balaban J connectivity index is 2.62. The standard InChI is InChI=1S/C13H23NO4/c1-10(2)14(9-12(16)17-3)11(15)8-13(18-4)6-5-7-13/h10H,5-9H2,1-4H3. The molecule has 0 atom stereocenters. The van der Waals surface area contributed by atoms with Gasteiger partial charge in [0.2, 0.25) is 5.91 Å². The molecule has 0 saturated heterocycles. The molecule has 0 aromatic carbocycles. The van der Waals surface area contributed by atoms with Crippen LogP contribution in [0.3, 0.4) is 0 Å². The van der Waals surface area contributed by atoms with Crippen molar-refractivity contribution in [3.8, 4) is 0 Å². The molecule has 18 heavy (non-hydrogen) atoms. The predicted octanol–water partition coefficient (Wildman–Crippen LogP) is 1.36. The number of amides is 1. The van der Waals surface area contributed by atoms with Gasteiger partial charge in [0.25, 0.3) is 0 Å². The SMILES string of the molecule is COC(=O)CN(C(=O)CC1(OC)CCC1)C(C)C. The van der Waals surface area contributed by atoms with Gasteiger partial charge in [0.05, 0.1) is 19.1 Å². The molecule has 0 heterocycles. The van der Waals surface area contributed by atoms with Crippen molar-refractivity contribution in [1.29, 1.82) is 0 Å². The number of carbonyl (C=O) groups is 2. The van der Waals surface area contributed by atoms with E-state index in [9.17, 15) is 9.59 Å². The highest BCUT2D eigenvalue weighted by Crippen LogP contribution is 2.38. The zero-order valence-electron chi connectivity index (χ0n) is 11.7. The van der Waals surface area contributed by atoms with Crippen molar-refractivity contribution < 1.29 is 19.1 Å². The summed E-state index contributed by atoms with van der Waals surface area (Å²) < 4.78 is 10.1. The third-order valence-electron chi connectivity index (χ3n) is 3.64. The fraction of sp³-hybridized carbons (Fsp3) is 0.846. The summed E-state index contributed by atoms with van der Waals surface area (Å²) in [6.45, 7) is 3.79. The van der Waals surface area contributed by atoms with Gasteiger partial charge in [-0.25, -0.2) is 0 Å². The second-order valence-corrected chi connectivity index (χ2v) is 5.11. The molecule has 0 unspecified atom stereocenters. The number of nitrogens with zero attached hydrogens (tertiary/aromatic N) is 1. The molecule has 1 aliphatic rings.